The van der Waals surface area contributed by atoms with Crippen LogP contribution in [-0.4, -0.2) is 17.3 Å². The van der Waals surface area contributed by atoms with E-state index in [4.69, 9.17) is 0 Å². The zero-order valence-corrected chi connectivity index (χ0v) is 7.35. The molecule has 56 valence electrons. The Labute approximate surface area is 66.0 Å². The van der Waals surface area contributed by atoms with Crippen molar-refractivity contribution in [3.8, 4) is 0 Å². The van der Waals surface area contributed by atoms with Crippen LogP contribution in [0.4, 0.5) is 0 Å². The lowest BCUT2D eigenvalue weighted by Crippen LogP contribution is -2.31. The minimum atomic E-state index is -0.0642. The molecule has 0 N–H and O–H groups in total. The van der Waals surface area contributed by atoms with E-state index in [9.17, 15) is 0 Å². The maximum Gasteiger partial charge on any atom is 0.0965 e. The van der Waals surface area contributed by atoms with Gasteiger partial charge in [-0.2, -0.15) is 0 Å². The highest BCUT2D eigenvalue weighted by molar-refractivity contribution is 8.11. The molecular formula is C7H12N2S. The van der Waals surface area contributed by atoms with Crippen LogP contribution in [0.3, 0.4) is 0 Å². The average Bonchev–Trinajstić information content (AvgIpc) is 1.89. The van der Waals surface area contributed by atoms with Crippen molar-refractivity contribution in [2.24, 2.45) is 15.3 Å². The fraction of sp³-hybridized carbons (Fsp3) is 0.714. The van der Waals surface area contributed by atoms with Crippen molar-refractivity contribution in [3.63, 3.8) is 0 Å². The Bertz CT molecular complexity index is 160. The highest BCUT2D eigenvalue weighted by Crippen LogP contribution is 2.23. The molecule has 1 aliphatic rings. The summed E-state index contributed by atoms with van der Waals surface area (Å²) in [7, 11) is 0. The second kappa shape index (κ2) is 2.74. The minimum absolute atomic E-state index is 0.0642. The molecule has 0 aromatic heterocycles. The summed E-state index contributed by atoms with van der Waals surface area (Å²) in [5.41, 5.74) is 1.74. The predicted molar refractivity (Wildman–Crippen MR) is 47.8 cm³/mol. The molecular weight excluding hydrogens is 144 g/mol. The van der Waals surface area contributed by atoms with Crippen LogP contribution in [0.5, 0.6) is 0 Å². The first-order valence-electron chi connectivity index (χ1n) is 3.39. The molecule has 0 saturated carbocycles. The highest BCUT2D eigenvalue weighted by Gasteiger charge is 2.25. The van der Waals surface area contributed by atoms with Gasteiger partial charge in [-0.3, -0.25) is 4.99 Å². The van der Waals surface area contributed by atoms with Crippen molar-refractivity contribution in [2.45, 2.75) is 26.3 Å². The number of aliphatic imine (C=N–C) groups is 1. The maximum absolute atomic E-state index is 4.35. The molecule has 0 amide bonds. The fourth-order valence-electron chi connectivity index (χ4n) is 0.633. The van der Waals surface area contributed by atoms with E-state index in [0.29, 0.717) is 5.92 Å². The van der Waals surface area contributed by atoms with Crippen LogP contribution in [0.15, 0.2) is 9.39 Å². The van der Waals surface area contributed by atoms with Gasteiger partial charge in [0.1, 0.15) is 0 Å². The Morgan fingerprint density at radius 2 is 2.20 bits per heavy atom. The molecule has 0 radical (unpaired) electrons. The molecule has 1 rings (SSSR count). The van der Waals surface area contributed by atoms with E-state index in [2.05, 4.69) is 30.2 Å². The molecule has 10 heavy (non-hydrogen) atoms. The van der Waals surface area contributed by atoms with Gasteiger partial charge < -0.3 is 0 Å². The molecule has 0 saturated heterocycles. The Morgan fingerprint density at radius 1 is 1.50 bits per heavy atom. The molecule has 0 aromatic rings. The van der Waals surface area contributed by atoms with Gasteiger partial charge in [0.2, 0.25) is 0 Å². The van der Waals surface area contributed by atoms with Gasteiger partial charge in [0.15, 0.2) is 0 Å². The van der Waals surface area contributed by atoms with Gasteiger partial charge in [-0.05, 0) is 12.8 Å². The maximum atomic E-state index is 4.35. The monoisotopic (exact) mass is 156 g/mol. The van der Waals surface area contributed by atoms with E-state index >= 15 is 0 Å². The van der Waals surface area contributed by atoms with Crippen LogP contribution in [-0.2, 0) is 0 Å². The third kappa shape index (κ3) is 1.40. The van der Waals surface area contributed by atoms with Gasteiger partial charge in [0.25, 0.3) is 0 Å². The Hall–Kier alpha value is -0.310. The first-order chi connectivity index (χ1) is 4.65. The summed E-state index contributed by atoms with van der Waals surface area (Å²) in [4.78, 5) is 4.35. The van der Waals surface area contributed by atoms with Crippen LogP contribution in [0.25, 0.3) is 0 Å². The molecule has 1 aliphatic heterocycles. The lowest BCUT2D eigenvalue weighted by molar-refractivity contribution is 0.461. The number of nitrogens with zero attached hydrogens (tertiary/aromatic N) is 2. The van der Waals surface area contributed by atoms with Crippen LogP contribution in [0.2, 0.25) is 0 Å². The smallest absolute Gasteiger partial charge is 0.0965 e. The van der Waals surface area contributed by atoms with Crippen molar-refractivity contribution < 1.29 is 0 Å². The molecule has 3 heteroatoms. The van der Waals surface area contributed by atoms with E-state index in [1.165, 1.54) is 11.9 Å². The molecule has 0 spiro atoms. The van der Waals surface area contributed by atoms with Crippen LogP contribution in [0.1, 0.15) is 20.8 Å². The second-order valence-corrected chi connectivity index (χ2v) is 3.59. The fourth-order valence-corrected chi connectivity index (χ4v) is 1.24. The molecule has 0 fully saturated rings. The molecule has 1 heterocycles. The predicted octanol–water partition coefficient (Wildman–Crippen LogP) is 2.16. The van der Waals surface area contributed by atoms with Crippen molar-refractivity contribution in [3.05, 3.63) is 0 Å². The summed E-state index contributed by atoms with van der Waals surface area (Å²) >= 11 is 1.39. The summed E-state index contributed by atoms with van der Waals surface area (Å²) in [5.74, 6) is 0.522. The molecule has 1 atom stereocenters. The van der Waals surface area contributed by atoms with Gasteiger partial charge in [0, 0.05) is 18.2 Å². The minimum Gasteiger partial charge on any atom is -0.272 e. The van der Waals surface area contributed by atoms with Crippen molar-refractivity contribution in [2.75, 3.05) is 0 Å². The third-order valence-electron chi connectivity index (χ3n) is 1.92. The van der Waals surface area contributed by atoms with E-state index in [1.54, 1.807) is 5.55 Å². The molecule has 1 unspecified atom stereocenters. The quantitative estimate of drug-likeness (QED) is 0.534. The second-order valence-electron chi connectivity index (χ2n) is 2.95. The lowest BCUT2D eigenvalue weighted by atomic mass is 9.91. The molecule has 2 nitrogen and oxygen atoms in total. The Morgan fingerprint density at radius 3 is 2.50 bits per heavy atom. The topological polar surface area (TPSA) is 24.7 Å². The summed E-state index contributed by atoms with van der Waals surface area (Å²) < 4.78 is 4.09. The largest absolute Gasteiger partial charge is 0.272 e. The zero-order valence-electron chi connectivity index (χ0n) is 6.53. The van der Waals surface area contributed by atoms with Crippen LogP contribution in [0, 0.1) is 5.92 Å². The van der Waals surface area contributed by atoms with Crippen molar-refractivity contribution in [1.82, 2.24) is 0 Å². The number of rotatable bonds is 1. The molecule has 0 aliphatic carbocycles. The van der Waals surface area contributed by atoms with Crippen molar-refractivity contribution >= 4 is 23.7 Å². The summed E-state index contributed by atoms with van der Waals surface area (Å²) in [6.07, 6.45) is 1.92. The highest BCUT2D eigenvalue weighted by atomic mass is 32.2. The summed E-state index contributed by atoms with van der Waals surface area (Å²) in [6, 6.07) is 0. The van der Waals surface area contributed by atoms with Gasteiger partial charge in [-0.15, -0.1) is 0 Å². The first kappa shape index (κ1) is 7.79. The molecule has 0 aromatic carbocycles. The van der Waals surface area contributed by atoms with Crippen molar-refractivity contribution in [1.29, 1.82) is 0 Å². The number of hydrogen-bond donors (Lipinski definition) is 0. The van der Waals surface area contributed by atoms with E-state index in [1.807, 2.05) is 6.21 Å². The molecule has 0 bridgehead atoms. The zero-order chi connectivity index (χ0) is 7.61. The Balaban J connectivity index is 2.75. The van der Waals surface area contributed by atoms with Gasteiger partial charge in [-0.1, -0.05) is 13.8 Å². The van der Waals surface area contributed by atoms with E-state index in [-0.39, 0.29) is 5.54 Å². The van der Waals surface area contributed by atoms with Gasteiger partial charge >= 0.3 is 0 Å². The first-order valence-corrected chi connectivity index (χ1v) is 4.23. The van der Waals surface area contributed by atoms with Gasteiger partial charge in [-0.25, -0.2) is 4.40 Å². The third-order valence-corrected chi connectivity index (χ3v) is 2.35. The van der Waals surface area contributed by atoms with Gasteiger partial charge in [0.05, 0.1) is 11.1 Å². The Kier molecular flexibility index (Phi) is 2.14. The SMILES string of the molecule is CC(C)C1(C)C=NSC=N1. The lowest BCUT2D eigenvalue weighted by Gasteiger charge is -2.25. The summed E-state index contributed by atoms with van der Waals surface area (Å²) in [5, 5.41) is 0. The van der Waals surface area contributed by atoms with E-state index in [0.717, 1.165) is 0 Å². The van der Waals surface area contributed by atoms with Crippen LogP contribution < -0.4 is 0 Å². The summed E-state index contributed by atoms with van der Waals surface area (Å²) in [6.45, 7) is 6.40. The van der Waals surface area contributed by atoms with E-state index < -0.39 is 0 Å². The standard InChI is InChI=1S/C7H12N2S/c1-6(2)7(3)4-9-10-5-8-7/h4-6H,1-3H3. The van der Waals surface area contributed by atoms with Crippen LogP contribution >= 0.6 is 11.9 Å². The normalized spacial score (nSPS) is 31.6. The average molecular weight is 156 g/mol. The number of hydrogen-bond acceptors (Lipinski definition) is 3.